The lowest BCUT2D eigenvalue weighted by atomic mass is 9.95. The van der Waals surface area contributed by atoms with Crippen LogP contribution in [0.5, 0.6) is 5.75 Å². The minimum absolute atomic E-state index is 0.133. The summed E-state index contributed by atoms with van der Waals surface area (Å²) in [5.41, 5.74) is 3.76. The molecule has 4 heteroatoms. The van der Waals surface area contributed by atoms with Crippen LogP contribution in [0.1, 0.15) is 11.1 Å². The van der Waals surface area contributed by atoms with E-state index in [4.69, 9.17) is 0 Å². The molecule has 3 aromatic rings. The van der Waals surface area contributed by atoms with E-state index < -0.39 is 0 Å². The standard InChI is InChI=1S/C17H14BrNO2/c1-9-14(11-6-4-3-5-7-11)12-8-13(18)16(20)10(2)15(12)19-17(9)21/h3-8,20H,1-2H3,(H,19,21). The lowest BCUT2D eigenvalue weighted by Gasteiger charge is -2.13. The molecule has 0 unspecified atom stereocenters. The van der Waals surface area contributed by atoms with E-state index >= 15 is 0 Å². The molecule has 0 amide bonds. The van der Waals surface area contributed by atoms with Crippen molar-refractivity contribution < 1.29 is 5.11 Å². The Kier molecular flexibility index (Phi) is 3.33. The van der Waals surface area contributed by atoms with Crippen molar-refractivity contribution in [1.29, 1.82) is 0 Å². The average Bonchev–Trinajstić information content (AvgIpc) is 2.49. The molecule has 1 aromatic heterocycles. The highest BCUT2D eigenvalue weighted by Gasteiger charge is 2.15. The van der Waals surface area contributed by atoms with Crippen LogP contribution in [0.4, 0.5) is 0 Å². The number of aromatic nitrogens is 1. The Balaban J connectivity index is 2.54. The van der Waals surface area contributed by atoms with Gasteiger partial charge in [0.2, 0.25) is 0 Å². The van der Waals surface area contributed by atoms with Crippen molar-refractivity contribution in [2.75, 3.05) is 0 Å². The fourth-order valence-corrected chi connectivity index (χ4v) is 3.15. The second-order valence-electron chi connectivity index (χ2n) is 5.07. The van der Waals surface area contributed by atoms with Crippen LogP contribution in [0.25, 0.3) is 22.0 Å². The van der Waals surface area contributed by atoms with E-state index in [0.29, 0.717) is 21.1 Å². The van der Waals surface area contributed by atoms with Crippen molar-refractivity contribution in [3.63, 3.8) is 0 Å². The molecule has 0 saturated carbocycles. The van der Waals surface area contributed by atoms with Gasteiger partial charge in [0, 0.05) is 16.5 Å². The molecule has 3 nitrogen and oxygen atoms in total. The highest BCUT2D eigenvalue weighted by atomic mass is 79.9. The summed E-state index contributed by atoms with van der Waals surface area (Å²) in [5, 5.41) is 11.0. The monoisotopic (exact) mass is 343 g/mol. The van der Waals surface area contributed by atoms with Gasteiger partial charge in [-0.1, -0.05) is 30.3 Å². The number of benzene rings is 2. The van der Waals surface area contributed by atoms with Gasteiger partial charge in [-0.25, -0.2) is 0 Å². The van der Waals surface area contributed by atoms with Crippen LogP contribution in [-0.4, -0.2) is 10.1 Å². The molecule has 1 heterocycles. The molecule has 0 spiro atoms. The summed E-state index contributed by atoms with van der Waals surface area (Å²) in [6, 6.07) is 11.7. The van der Waals surface area contributed by atoms with E-state index in [1.165, 1.54) is 0 Å². The molecular weight excluding hydrogens is 330 g/mol. The molecule has 2 N–H and O–H groups in total. The molecule has 0 atom stereocenters. The average molecular weight is 344 g/mol. The van der Waals surface area contributed by atoms with Crippen LogP contribution in [-0.2, 0) is 0 Å². The van der Waals surface area contributed by atoms with Crippen LogP contribution in [0.15, 0.2) is 45.7 Å². The number of hydrogen-bond donors (Lipinski definition) is 2. The molecule has 0 aliphatic rings. The van der Waals surface area contributed by atoms with Crippen molar-refractivity contribution in [2.45, 2.75) is 13.8 Å². The minimum Gasteiger partial charge on any atom is -0.506 e. The van der Waals surface area contributed by atoms with Crippen molar-refractivity contribution in [3.05, 3.63) is 62.4 Å². The SMILES string of the molecule is Cc1c(-c2ccccc2)c2cc(Br)c(O)c(C)c2[nH]c1=O. The Hall–Kier alpha value is -2.07. The molecule has 106 valence electrons. The maximum atomic E-state index is 12.2. The Labute approximate surface area is 130 Å². The zero-order chi connectivity index (χ0) is 15.1. The van der Waals surface area contributed by atoms with Gasteiger partial charge in [0.05, 0.1) is 9.99 Å². The van der Waals surface area contributed by atoms with E-state index in [-0.39, 0.29) is 11.3 Å². The van der Waals surface area contributed by atoms with Crippen LogP contribution in [0.2, 0.25) is 0 Å². The van der Waals surface area contributed by atoms with E-state index in [2.05, 4.69) is 20.9 Å². The number of aromatic amines is 1. The Morgan fingerprint density at radius 2 is 1.76 bits per heavy atom. The molecule has 21 heavy (non-hydrogen) atoms. The first kappa shape index (κ1) is 13.9. The lowest BCUT2D eigenvalue weighted by Crippen LogP contribution is -2.12. The summed E-state index contributed by atoms with van der Waals surface area (Å²) in [4.78, 5) is 15.1. The maximum absolute atomic E-state index is 12.2. The summed E-state index contributed by atoms with van der Waals surface area (Å²) in [6.07, 6.45) is 0. The molecular formula is C17H14BrNO2. The number of hydrogen-bond acceptors (Lipinski definition) is 2. The largest absolute Gasteiger partial charge is 0.506 e. The van der Waals surface area contributed by atoms with Gasteiger partial charge in [-0.2, -0.15) is 0 Å². The number of nitrogens with one attached hydrogen (secondary N) is 1. The first-order chi connectivity index (χ1) is 10.0. The quantitative estimate of drug-likeness (QED) is 0.692. The number of halogens is 1. The number of pyridine rings is 1. The van der Waals surface area contributed by atoms with Gasteiger partial charge >= 0.3 is 0 Å². The summed E-state index contributed by atoms with van der Waals surface area (Å²) < 4.78 is 0.621. The van der Waals surface area contributed by atoms with Crippen molar-refractivity contribution >= 4 is 26.8 Å². The number of fused-ring (bicyclic) bond motifs is 1. The molecule has 0 aliphatic carbocycles. The number of H-pyrrole nitrogens is 1. The van der Waals surface area contributed by atoms with E-state index in [1.54, 1.807) is 6.92 Å². The van der Waals surface area contributed by atoms with Gasteiger partial charge in [0.15, 0.2) is 0 Å². The van der Waals surface area contributed by atoms with Gasteiger partial charge in [-0.15, -0.1) is 0 Å². The lowest BCUT2D eigenvalue weighted by molar-refractivity contribution is 0.468. The maximum Gasteiger partial charge on any atom is 0.251 e. The highest BCUT2D eigenvalue weighted by molar-refractivity contribution is 9.10. The number of phenols is 1. The summed E-state index contributed by atoms with van der Waals surface area (Å²) >= 11 is 3.37. The Morgan fingerprint density at radius 3 is 2.43 bits per heavy atom. The third-order valence-corrected chi connectivity index (χ3v) is 4.39. The summed E-state index contributed by atoms with van der Waals surface area (Å²) in [5.74, 6) is 0.154. The second-order valence-corrected chi connectivity index (χ2v) is 5.93. The van der Waals surface area contributed by atoms with Gasteiger partial charge in [-0.3, -0.25) is 4.79 Å². The predicted octanol–water partition coefficient (Wildman–Crippen LogP) is 4.28. The van der Waals surface area contributed by atoms with E-state index in [9.17, 15) is 9.90 Å². The number of phenolic OH excluding ortho intramolecular Hbond substituents is 1. The fraction of sp³-hybridized carbons (Fsp3) is 0.118. The summed E-state index contributed by atoms with van der Waals surface area (Å²) in [6.45, 7) is 3.61. The second kappa shape index (κ2) is 5.04. The molecule has 0 aliphatic heterocycles. The molecule has 3 rings (SSSR count). The zero-order valence-electron chi connectivity index (χ0n) is 11.7. The first-order valence-electron chi connectivity index (χ1n) is 6.60. The topological polar surface area (TPSA) is 53.1 Å². The number of rotatable bonds is 1. The zero-order valence-corrected chi connectivity index (χ0v) is 13.3. The van der Waals surface area contributed by atoms with Crippen LogP contribution in [0, 0.1) is 13.8 Å². The Morgan fingerprint density at radius 1 is 1.10 bits per heavy atom. The molecule has 0 fully saturated rings. The Bertz CT molecular complexity index is 898. The van der Waals surface area contributed by atoms with Crippen LogP contribution >= 0.6 is 15.9 Å². The fourth-order valence-electron chi connectivity index (χ4n) is 2.62. The smallest absolute Gasteiger partial charge is 0.251 e. The van der Waals surface area contributed by atoms with Crippen molar-refractivity contribution in [2.24, 2.45) is 0 Å². The first-order valence-corrected chi connectivity index (χ1v) is 7.40. The molecule has 0 bridgehead atoms. The third-order valence-electron chi connectivity index (χ3n) is 3.78. The van der Waals surface area contributed by atoms with Gasteiger partial charge in [0.25, 0.3) is 5.56 Å². The van der Waals surface area contributed by atoms with Crippen molar-refractivity contribution in [3.8, 4) is 16.9 Å². The van der Waals surface area contributed by atoms with E-state index in [0.717, 1.165) is 16.5 Å². The molecule has 0 saturated heterocycles. The van der Waals surface area contributed by atoms with E-state index in [1.807, 2.05) is 43.3 Å². The highest BCUT2D eigenvalue weighted by Crippen LogP contribution is 2.37. The third kappa shape index (κ3) is 2.16. The van der Waals surface area contributed by atoms with Crippen LogP contribution in [0.3, 0.4) is 0 Å². The van der Waals surface area contributed by atoms with Crippen LogP contribution < -0.4 is 5.56 Å². The summed E-state index contributed by atoms with van der Waals surface area (Å²) in [7, 11) is 0. The van der Waals surface area contributed by atoms with Gasteiger partial charge < -0.3 is 10.1 Å². The predicted molar refractivity (Wildman–Crippen MR) is 88.8 cm³/mol. The normalized spacial score (nSPS) is 11.0. The minimum atomic E-state index is -0.133. The van der Waals surface area contributed by atoms with Gasteiger partial charge in [0.1, 0.15) is 5.75 Å². The van der Waals surface area contributed by atoms with Crippen molar-refractivity contribution in [1.82, 2.24) is 4.98 Å². The number of aromatic hydroxyl groups is 1. The molecule has 0 radical (unpaired) electrons. The van der Waals surface area contributed by atoms with Gasteiger partial charge in [-0.05, 0) is 47.0 Å². The number of aryl methyl sites for hydroxylation is 1. The molecule has 2 aromatic carbocycles.